The topological polar surface area (TPSA) is 156 Å². The van der Waals surface area contributed by atoms with Crippen LogP contribution in [0.1, 0.15) is 30.9 Å². The number of phenols is 1. The predicted molar refractivity (Wildman–Crippen MR) is 152 cm³/mol. The van der Waals surface area contributed by atoms with Crippen molar-refractivity contribution in [1.82, 2.24) is 4.90 Å². The number of phenolic OH excluding ortho intramolecular Hbond substituents is 1. The van der Waals surface area contributed by atoms with E-state index in [0.717, 1.165) is 6.92 Å². The largest absolute Gasteiger partial charge is 0.508 e. The fourth-order valence-electron chi connectivity index (χ4n) is 6.23. The molecule has 0 spiro atoms. The molecule has 0 aromatic heterocycles. The third kappa shape index (κ3) is 4.26. The highest BCUT2D eigenvalue weighted by Gasteiger charge is 2.68. The van der Waals surface area contributed by atoms with E-state index in [1.807, 2.05) is 0 Å². The van der Waals surface area contributed by atoms with Crippen molar-refractivity contribution < 1.29 is 39.9 Å². The average molecular weight is 568 g/mol. The van der Waals surface area contributed by atoms with Crippen molar-refractivity contribution in [1.29, 1.82) is 0 Å². The number of nitrogens with zero attached hydrogens (tertiary/aromatic N) is 1. The molecule has 10 heteroatoms. The number of hydrogen-bond acceptors (Lipinski definition) is 10. The van der Waals surface area contributed by atoms with Crippen molar-refractivity contribution in [3.8, 4) is 5.75 Å². The van der Waals surface area contributed by atoms with Crippen LogP contribution in [-0.4, -0.2) is 84.9 Å². The number of carbonyl (C=O) groups excluding carboxylic acids is 3. The Labute approximate surface area is 236 Å². The fraction of sp³-hybridized carbons (Fsp3) is 0.367. The standard InChI is InChI=1S/C30H33NO8S/c1-6-8-10-14(3)40-13-17-16-11-9-12-18(33)20(16)25(34)22-21(17)26(35)23-24(31(5)7-2)27(36)19(15(4)32)28(37)30(23,39)29(22)38/h6,8-12,17,21,23-24,26,33-35,37,39H,1,3,7,13H2,2,4-5H3/b10-8-/t17?,21?,23?,24-,26?,30+/m0/s1. The Hall–Kier alpha value is -3.44. The van der Waals surface area contributed by atoms with Crippen LogP contribution in [0, 0.1) is 11.8 Å². The number of likely N-dealkylation sites (N-methyl/N-ethyl adjacent to an activating group) is 1. The van der Waals surface area contributed by atoms with Gasteiger partial charge in [-0.3, -0.25) is 19.3 Å². The number of hydrogen-bond donors (Lipinski definition) is 5. The van der Waals surface area contributed by atoms with Gasteiger partial charge in [-0.1, -0.05) is 44.4 Å². The summed E-state index contributed by atoms with van der Waals surface area (Å²) in [5.74, 6) is -8.02. The number of aromatic hydroxyl groups is 1. The molecule has 5 N–H and O–H groups in total. The minimum absolute atomic E-state index is 0.0291. The third-order valence-electron chi connectivity index (χ3n) is 8.19. The highest BCUT2D eigenvalue weighted by Crippen LogP contribution is 2.57. The van der Waals surface area contributed by atoms with Gasteiger partial charge in [0.15, 0.2) is 17.2 Å². The molecule has 0 heterocycles. The van der Waals surface area contributed by atoms with Gasteiger partial charge in [0.1, 0.15) is 22.8 Å². The van der Waals surface area contributed by atoms with E-state index >= 15 is 0 Å². The van der Waals surface area contributed by atoms with Gasteiger partial charge in [0, 0.05) is 28.1 Å². The third-order valence-corrected chi connectivity index (χ3v) is 9.22. The van der Waals surface area contributed by atoms with Crippen molar-refractivity contribution in [3.63, 3.8) is 0 Å². The fourth-order valence-corrected chi connectivity index (χ4v) is 7.19. The van der Waals surface area contributed by atoms with Crippen LogP contribution in [0.4, 0.5) is 0 Å². The second kappa shape index (κ2) is 10.9. The lowest BCUT2D eigenvalue weighted by molar-refractivity contribution is -0.170. The van der Waals surface area contributed by atoms with Crippen molar-refractivity contribution in [2.75, 3.05) is 19.3 Å². The van der Waals surface area contributed by atoms with Gasteiger partial charge >= 0.3 is 0 Å². The molecule has 212 valence electrons. The van der Waals surface area contributed by atoms with Crippen LogP contribution >= 0.6 is 11.8 Å². The molecule has 3 aliphatic carbocycles. The first kappa shape index (κ1) is 29.5. The molecule has 0 radical (unpaired) electrons. The quantitative estimate of drug-likeness (QED) is 0.234. The van der Waals surface area contributed by atoms with Crippen LogP contribution in [0.5, 0.6) is 5.75 Å². The van der Waals surface area contributed by atoms with Crippen molar-refractivity contribution in [2.24, 2.45) is 11.8 Å². The van der Waals surface area contributed by atoms with Crippen LogP contribution < -0.4 is 0 Å². The summed E-state index contributed by atoms with van der Waals surface area (Å²) in [6.45, 7) is 10.7. The zero-order valence-electron chi connectivity index (χ0n) is 22.5. The summed E-state index contributed by atoms with van der Waals surface area (Å²) in [7, 11) is 1.56. The van der Waals surface area contributed by atoms with E-state index in [4.69, 9.17) is 0 Å². The first-order valence-electron chi connectivity index (χ1n) is 12.8. The minimum Gasteiger partial charge on any atom is -0.508 e. The molecule has 3 aliphatic rings. The maximum Gasteiger partial charge on any atom is 0.202 e. The van der Waals surface area contributed by atoms with Crippen LogP contribution in [0.3, 0.4) is 0 Å². The van der Waals surface area contributed by atoms with E-state index in [-0.39, 0.29) is 29.2 Å². The summed E-state index contributed by atoms with van der Waals surface area (Å²) in [6.07, 6.45) is 3.39. The summed E-state index contributed by atoms with van der Waals surface area (Å²) < 4.78 is 0. The van der Waals surface area contributed by atoms with Crippen LogP contribution in [0.15, 0.2) is 71.4 Å². The van der Waals surface area contributed by atoms with E-state index in [9.17, 15) is 39.9 Å². The highest BCUT2D eigenvalue weighted by molar-refractivity contribution is 8.03. The first-order chi connectivity index (χ1) is 18.8. The number of thioether (sulfide) groups is 1. The Morgan fingerprint density at radius 3 is 2.50 bits per heavy atom. The Morgan fingerprint density at radius 2 is 1.90 bits per heavy atom. The summed E-state index contributed by atoms with van der Waals surface area (Å²) in [5.41, 5.74) is -3.56. The second-order valence-corrected chi connectivity index (χ2v) is 11.4. The Morgan fingerprint density at radius 1 is 1.23 bits per heavy atom. The molecule has 6 atom stereocenters. The molecule has 0 aliphatic heterocycles. The van der Waals surface area contributed by atoms with Gasteiger partial charge in [-0.25, -0.2) is 0 Å². The molecule has 0 amide bonds. The predicted octanol–water partition coefficient (Wildman–Crippen LogP) is 2.96. The average Bonchev–Trinajstić information content (AvgIpc) is 2.90. The maximum atomic E-state index is 14.2. The number of aliphatic hydroxyl groups excluding tert-OH is 3. The number of benzene rings is 1. The molecule has 1 aromatic carbocycles. The van der Waals surface area contributed by atoms with Gasteiger partial charge in [-0.05, 0) is 38.2 Å². The van der Waals surface area contributed by atoms with Gasteiger partial charge in [0.2, 0.25) is 5.78 Å². The number of aliphatic hydroxyl groups is 4. The summed E-state index contributed by atoms with van der Waals surface area (Å²) in [5, 5.41) is 57.1. The Kier molecular flexibility index (Phi) is 8.01. The van der Waals surface area contributed by atoms with Crippen molar-refractivity contribution >= 4 is 34.9 Å². The van der Waals surface area contributed by atoms with Gasteiger partial charge in [-0.2, -0.15) is 0 Å². The number of rotatable bonds is 8. The maximum absolute atomic E-state index is 14.2. The monoisotopic (exact) mass is 567 g/mol. The molecule has 0 bridgehead atoms. The number of Topliss-reactive ketones (excluding diaryl/α,β-unsaturated/α-hetero) is 3. The summed E-state index contributed by atoms with van der Waals surface area (Å²) in [4.78, 5) is 42.4. The SMILES string of the molecule is C=C/C=C\C(=C)SCC1c2cccc(O)c2C(O)=C2C(=O)[C@]3(O)C(O)=C(C(C)=O)C(=O)[C@@H](N(C)CC)C3C(O)C21. The number of ketones is 3. The van der Waals surface area contributed by atoms with Gasteiger partial charge in [-0.15, -0.1) is 11.8 Å². The zero-order chi connectivity index (χ0) is 29.7. The van der Waals surface area contributed by atoms with E-state index in [1.165, 1.54) is 22.7 Å². The minimum atomic E-state index is -2.88. The Bertz CT molecular complexity index is 1410. The normalized spacial score (nSPS) is 29.9. The van der Waals surface area contributed by atoms with Crippen LogP contribution in [-0.2, 0) is 14.4 Å². The molecule has 1 saturated carbocycles. The second-order valence-electron chi connectivity index (χ2n) is 10.3. The lowest BCUT2D eigenvalue weighted by Crippen LogP contribution is -2.70. The molecular formula is C30H33NO8S. The van der Waals surface area contributed by atoms with E-state index in [2.05, 4.69) is 13.2 Å². The van der Waals surface area contributed by atoms with Gasteiger partial charge < -0.3 is 25.5 Å². The van der Waals surface area contributed by atoms with Crippen molar-refractivity contribution in [2.45, 2.75) is 37.5 Å². The van der Waals surface area contributed by atoms with Gasteiger partial charge in [0.25, 0.3) is 0 Å². The number of allylic oxidation sites excluding steroid dienone is 3. The van der Waals surface area contributed by atoms with E-state index in [0.29, 0.717) is 10.5 Å². The number of fused-ring (bicyclic) bond motifs is 3. The zero-order valence-corrected chi connectivity index (χ0v) is 23.3. The summed E-state index contributed by atoms with van der Waals surface area (Å²) in [6, 6.07) is 3.26. The lowest BCUT2D eigenvalue weighted by Gasteiger charge is -2.54. The van der Waals surface area contributed by atoms with Crippen LogP contribution in [0.2, 0.25) is 0 Å². The molecule has 1 fully saturated rings. The molecule has 1 aromatic rings. The van der Waals surface area contributed by atoms with E-state index in [1.54, 1.807) is 44.3 Å². The number of carbonyl (C=O) groups is 3. The molecule has 4 unspecified atom stereocenters. The lowest BCUT2D eigenvalue weighted by atomic mass is 9.54. The molecule has 40 heavy (non-hydrogen) atoms. The molecular weight excluding hydrogens is 534 g/mol. The van der Waals surface area contributed by atoms with Crippen molar-refractivity contribution in [3.05, 3.63) is 82.5 Å². The first-order valence-corrected chi connectivity index (χ1v) is 13.8. The smallest absolute Gasteiger partial charge is 0.202 e. The van der Waals surface area contributed by atoms with E-state index < -0.39 is 69.9 Å². The molecule has 9 nitrogen and oxygen atoms in total. The Balaban J connectivity index is 1.99. The molecule has 4 rings (SSSR count). The highest BCUT2D eigenvalue weighted by atomic mass is 32.2. The van der Waals surface area contributed by atoms with Crippen LogP contribution in [0.25, 0.3) is 5.76 Å². The van der Waals surface area contributed by atoms with Gasteiger partial charge in [0.05, 0.1) is 23.6 Å². The molecule has 0 saturated heterocycles. The summed E-state index contributed by atoms with van der Waals surface area (Å²) >= 11 is 1.32.